The molecule has 1 atom stereocenters. The molecule has 1 unspecified atom stereocenters. The number of aromatic hydroxyl groups is 1. The highest BCUT2D eigenvalue weighted by Crippen LogP contribution is 2.33. The van der Waals surface area contributed by atoms with E-state index in [1.54, 1.807) is 36.4 Å². The lowest BCUT2D eigenvalue weighted by Gasteiger charge is -2.12. The van der Waals surface area contributed by atoms with Gasteiger partial charge in [0.2, 0.25) is 9.84 Å². The Morgan fingerprint density at radius 1 is 0.929 bits per heavy atom. The van der Waals surface area contributed by atoms with Crippen LogP contribution < -0.4 is 0 Å². The first-order chi connectivity index (χ1) is 13.3. The number of hydrogen-bond acceptors (Lipinski definition) is 4. The minimum Gasteiger partial charge on any atom is -0.506 e. The van der Waals surface area contributed by atoms with Gasteiger partial charge in [0.05, 0.1) is 11.0 Å². The summed E-state index contributed by atoms with van der Waals surface area (Å²) in [6.45, 7) is 3.68. The first-order valence-electron chi connectivity index (χ1n) is 10.1. The number of aryl methyl sites for hydroxylation is 2. The fourth-order valence-electron chi connectivity index (χ4n) is 3.40. The molecule has 2 aromatic carbocycles. The summed E-state index contributed by atoms with van der Waals surface area (Å²) >= 11 is 0. The molecule has 5 heteroatoms. The van der Waals surface area contributed by atoms with E-state index in [1.807, 2.05) is 19.9 Å². The minimum absolute atomic E-state index is 0.00757. The molecule has 0 amide bonds. The summed E-state index contributed by atoms with van der Waals surface area (Å²) in [5.74, 6) is -0.119. The Morgan fingerprint density at radius 3 is 2.18 bits per heavy atom. The third kappa shape index (κ3) is 6.35. The van der Waals surface area contributed by atoms with Crippen LogP contribution in [0.4, 0.5) is 0 Å². The molecule has 0 saturated carbocycles. The number of phenolic OH excluding ortho intramolecular Hbond substituents is 1. The molecule has 0 aliphatic rings. The summed E-state index contributed by atoms with van der Waals surface area (Å²) in [6.07, 6.45) is 7.69. The van der Waals surface area contributed by atoms with Gasteiger partial charge in [-0.2, -0.15) is 0 Å². The highest BCUT2D eigenvalue weighted by atomic mass is 32.2. The molecule has 4 nitrogen and oxygen atoms in total. The van der Waals surface area contributed by atoms with Gasteiger partial charge in [0.15, 0.2) is 0 Å². The van der Waals surface area contributed by atoms with Crippen molar-refractivity contribution in [2.75, 3.05) is 0 Å². The summed E-state index contributed by atoms with van der Waals surface area (Å²) in [6, 6.07) is 11.7. The Labute approximate surface area is 169 Å². The van der Waals surface area contributed by atoms with E-state index in [-0.39, 0.29) is 21.6 Å². The number of unbranched alkanes of at least 4 members (excludes halogenated alkanes) is 5. The summed E-state index contributed by atoms with van der Waals surface area (Å²) in [5, 5.41) is 19.9. The van der Waals surface area contributed by atoms with Gasteiger partial charge in [-0.1, -0.05) is 56.4 Å². The number of hydrogen-bond donors (Lipinski definition) is 2. The van der Waals surface area contributed by atoms with Crippen LogP contribution in [0.2, 0.25) is 0 Å². The van der Waals surface area contributed by atoms with Crippen LogP contribution in [0.1, 0.15) is 63.0 Å². The van der Waals surface area contributed by atoms with Crippen LogP contribution in [0, 0.1) is 6.92 Å². The molecule has 154 valence electrons. The second-order valence-corrected chi connectivity index (χ2v) is 9.51. The van der Waals surface area contributed by atoms with Crippen LogP contribution in [-0.2, 0) is 16.3 Å². The molecule has 2 aromatic rings. The van der Waals surface area contributed by atoms with Crippen molar-refractivity contribution in [3.63, 3.8) is 0 Å². The Kier molecular flexibility index (Phi) is 8.52. The molecule has 0 aliphatic heterocycles. The van der Waals surface area contributed by atoms with Crippen molar-refractivity contribution in [3.05, 3.63) is 53.6 Å². The largest absolute Gasteiger partial charge is 0.506 e. The average molecular weight is 405 g/mol. The van der Waals surface area contributed by atoms with Gasteiger partial charge >= 0.3 is 0 Å². The quantitative estimate of drug-likeness (QED) is 0.506. The maximum absolute atomic E-state index is 12.9. The van der Waals surface area contributed by atoms with E-state index in [0.717, 1.165) is 50.5 Å². The van der Waals surface area contributed by atoms with E-state index in [0.29, 0.717) is 12.0 Å². The number of aliphatic hydroxyl groups is 1. The molecular weight excluding hydrogens is 372 g/mol. The lowest BCUT2D eigenvalue weighted by atomic mass is 10.0. The van der Waals surface area contributed by atoms with Crippen molar-refractivity contribution in [2.45, 2.75) is 81.1 Å². The molecule has 0 heterocycles. The molecule has 28 heavy (non-hydrogen) atoms. The van der Waals surface area contributed by atoms with Gasteiger partial charge in [-0.05, 0) is 62.4 Å². The van der Waals surface area contributed by atoms with E-state index in [4.69, 9.17) is 0 Å². The summed E-state index contributed by atoms with van der Waals surface area (Å²) < 4.78 is 25.8. The third-order valence-electron chi connectivity index (χ3n) is 4.96. The molecule has 2 N–H and O–H groups in total. The molecule has 2 rings (SSSR count). The molecule has 0 aromatic heterocycles. The zero-order chi connectivity index (χ0) is 20.6. The molecule has 0 spiro atoms. The van der Waals surface area contributed by atoms with Gasteiger partial charge in [-0.15, -0.1) is 0 Å². The second-order valence-electron chi connectivity index (χ2n) is 7.60. The van der Waals surface area contributed by atoms with Gasteiger partial charge < -0.3 is 10.2 Å². The zero-order valence-electron chi connectivity index (χ0n) is 16.9. The Morgan fingerprint density at radius 2 is 1.54 bits per heavy atom. The fraction of sp³-hybridized carbons (Fsp3) is 0.478. The molecular formula is C23H32O4S. The highest BCUT2D eigenvalue weighted by molar-refractivity contribution is 7.91. The van der Waals surface area contributed by atoms with Crippen molar-refractivity contribution in [3.8, 4) is 5.75 Å². The summed E-state index contributed by atoms with van der Waals surface area (Å²) in [7, 11) is -3.74. The number of rotatable bonds is 11. The lowest BCUT2D eigenvalue weighted by Crippen LogP contribution is -2.04. The molecule has 0 saturated heterocycles. The van der Waals surface area contributed by atoms with Gasteiger partial charge in [0.1, 0.15) is 10.6 Å². The van der Waals surface area contributed by atoms with Crippen LogP contribution in [0.15, 0.2) is 52.3 Å². The van der Waals surface area contributed by atoms with Crippen LogP contribution in [0.25, 0.3) is 0 Å². The topological polar surface area (TPSA) is 74.6 Å². The molecule has 0 aliphatic carbocycles. The van der Waals surface area contributed by atoms with Gasteiger partial charge in [-0.3, -0.25) is 0 Å². The first kappa shape index (κ1) is 22.4. The number of aliphatic hydroxyl groups excluding tert-OH is 1. The molecule has 0 radical (unpaired) electrons. The second kappa shape index (κ2) is 10.6. The molecule has 0 bridgehead atoms. The average Bonchev–Trinajstić information content (AvgIpc) is 2.66. The van der Waals surface area contributed by atoms with Crippen molar-refractivity contribution in [2.24, 2.45) is 0 Å². The van der Waals surface area contributed by atoms with Gasteiger partial charge in [0.25, 0.3) is 0 Å². The predicted octanol–water partition coefficient (Wildman–Crippen LogP) is 5.19. The fourth-order valence-corrected chi connectivity index (χ4v) is 4.90. The number of phenols is 1. The van der Waals surface area contributed by atoms with Crippen LogP contribution in [0.3, 0.4) is 0 Å². The van der Waals surface area contributed by atoms with Crippen LogP contribution >= 0.6 is 0 Å². The normalized spacial score (nSPS) is 12.8. The van der Waals surface area contributed by atoms with Gasteiger partial charge in [0, 0.05) is 0 Å². The Balaban J connectivity index is 1.98. The monoisotopic (exact) mass is 404 g/mol. The molecule has 0 fully saturated rings. The lowest BCUT2D eigenvalue weighted by molar-refractivity contribution is 0.180. The van der Waals surface area contributed by atoms with Gasteiger partial charge in [-0.25, -0.2) is 8.42 Å². The third-order valence-corrected chi connectivity index (χ3v) is 6.74. The van der Waals surface area contributed by atoms with E-state index >= 15 is 0 Å². The first-order valence-corrected chi connectivity index (χ1v) is 11.6. The maximum atomic E-state index is 12.9. The van der Waals surface area contributed by atoms with Crippen molar-refractivity contribution in [1.82, 2.24) is 0 Å². The van der Waals surface area contributed by atoms with Crippen molar-refractivity contribution < 1.29 is 18.6 Å². The van der Waals surface area contributed by atoms with Crippen LogP contribution in [-0.4, -0.2) is 24.7 Å². The minimum atomic E-state index is -3.74. The van der Waals surface area contributed by atoms with Crippen LogP contribution in [0.5, 0.6) is 5.75 Å². The number of benzene rings is 2. The van der Waals surface area contributed by atoms with Crippen molar-refractivity contribution >= 4 is 9.84 Å². The predicted molar refractivity (Wildman–Crippen MR) is 112 cm³/mol. The van der Waals surface area contributed by atoms with Crippen molar-refractivity contribution in [1.29, 1.82) is 0 Å². The SMILES string of the molecule is Cc1cc(CCCCCCCCC(C)O)c(O)c(S(=O)(=O)c2ccccc2)c1. The van der Waals surface area contributed by atoms with E-state index in [9.17, 15) is 18.6 Å². The zero-order valence-corrected chi connectivity index (χ0v) is 17.7. The van der Waals surface area contributed by atoms with E-state index in [1.165, 1.54) is 0 Å². The van der Waals surface area contributed by atoms with E-state index < -0.39 is 9.84 Å². The maximum Gasteiger partial charge on any atom is 0.210 e. The van der Waals surface area contributed by atoms with E-state index in [2.05, 4.69) is 0 Å². The Bertz CT molecular complexity index is 842. The number of sulfone groups is 1. The summed E-state index contributed by atoms with van der Waals surface area (Å²) in [4.78, 5) is 0.186. The summed E-state index contributed by atoms with van der Waals surface area (Å²) in [5.41, 5.74) is 1.53. The standard InChI is InChI=1S/C23H32O4S/c1-18-16-20(13-9-6-4-3-5-8-12-19(2)24)23(25)22(17-18)28(26,27)21-14-10-7-11-15-21/h7,10-11,14-17,19,24-25H,3-6,8-9,12-13H2,1-2H3. The Hall–Kier alpha value is -1.85. The smallest absolute Gasteiger partial charge is 0.210 e. The highest BCUT2D eigenvalue weighted by Gasteiger charge is 2.23.